The molecule has 2 heterocycles. The van der Waals surface area contributed by atoms with Crippen LogP contribution in [0.4, 0.5) is 0 Å². The van der Waals surface area contributed by atoms with E-state index in [1.54, 1.807) is 9.58 Å². The molecule has 5 nitrogen and oxygen atoms in total. The summed E-state index contributed by atoms with van der Waals surface area (Å²) >= 11 is 0. The third-order valence-corrected chi connectivity index (χ3v) is 4.37. The first-order valence-corrected chi connectivity index (χ1v) is 6.96. The fraction of sp³-hybridized carbons (Fsp3) is 0.714. The first kappa shape index (κ1) is 12.7. The summed E-state index contributed by atoms with van der Waals surface area (Å²) in [6.07, 6.45) is 1.65. The van der Waals surface area contributed by atoms with Gasteiger partial charge >= 0.3 is 0 Å². The highest BCUT2D eigenvalue weighted by Crippen LogP contribution is 2.47. The van der Waals surface area contributed by atoms with E-state index < -0.39 is 6.10 Å². The van der Waals surface area contributed by atoms with Gasteiger partial charge in [0.1, 0.15) is 12.6 Å². The van der Waals surface area contributed by atoms with E-state index in [0.29, 0.717) is 6.54 Å². The van der Waals surface area contributed by atoms with Crippen LogP contribution in [-0.4, -0.2) is 38.3 Å². The lowest BCUT2D eigenvalue weighted by atomic mass is 10.0. The van der Waals surface area contributed by atoms with Crippen LogP contribution in [0.1, 0.15) is 51.1 Å². The molecule has 1 N–H and O–H groups in total. The number of fused-ring (bicyclic) bond motifs is 1. The molecule has 1 aromatic heterocycles. The number of amides is 1. The number of hydrogen-bond acceptors (Lipinski definition) is 3. The van der Waals surface area contributed by atoms with Gasteiger partial charge in [-0.05, 0) is 32.8 Å². The Morgan fingerprint density at radius 1 is 1.47 bits per heavy atom. The summed E-state index contributed by atoms with van der Waals surface area (Å²) in [6.45, 7) is 6.72. The fourth-order valence-electron chi connectivity index (χ4n) is 2.66. The van der Waals surface area contributed by atoms with Crippen molar-refractivity contribution >= 4 is 5.91 Å². The lowest BCUT2D eigenvalue weighted by Crippen LogP contribution is -2.39. The van der Waals surface area contributed by atoms with Gasteiger partial charge < -0.3 is 10.0 Å². The van der Waals surface area contributed by atoms with E-state index in [1.807, 2.05) is 19.9 Å². The highest BCUT2D eigenvalue weighted by molar-refractivity contribution is 5.76. The quantitative estimate of drug-likeness (QED) is 0.872. The second-order valence-corrected chi connectivity index (χ2v) is 6.33. The maximum Gasteiger partial charge on any atom is 0.244 e. The van der Waals surface area contributed by atoms with Crippen LogP contribution in [0.25, 0.3) is 0 Å². The minimum Gasteiger partial charge on any atom is -0.385 e. The minimum absolute atomic E-state index is 0.0309. The van der Waals surface area contributed by atoms with E-state index in [9.17, 15) is 9.90 Å². The average molecular weight is 263 g/mol. The molecule has 2 aliphatic rings. The second-order valence-electron chi connectivity index (χ2n) is 6.33. The summed E-state index contributed by atoms with van der Waals surface area (Å²) in [6, 6.07) is 2.08. The van der Waals surface area contributed by atoms with Gasteiger partial charge in [-0.1, -0.05) is 6.92 Å². The van der Waals surface area contributed by atoms with Gasteiger partial charge in [-0.3, -0.25) is 9.48 Å². The van der Waals surface area contributed by atoms with Crippen LogP contribution in [-0.2, 0) is 16.8 Å². The van der Waals surface area contributed by atoms with Crippen LogP contribution < -0.4 is 0 Å². The van der Waals surface area contributed by atoms with E-state index in [-0.39, 0.29) is 23.9 Å². The van der Waals surface area contributed by atoms with Crippen molar-refractivity contribution in [2.75, 3.05) is 6.54 Å². The van der Waals surface area contributed by atoms with Crippen molar-refractivity contribution in [1.29, 1.82) is 0 Å². The van der Waals surface area contributed by atoms with Crippen LogP contribution in [0, 0.1) is 0 Å². The standard InChI is InChI=1S/C14H21N3O2/c1-9(2)16-7-11(18)10-6-12(14(3)4-5-14)15-17(10)8-13(16)19/h6,9,11,18H,4-5,7-8H2,1-3H3. The van der Waals surface area contributed by atoms with Crippen LogP contribution in [0.15, 0.2) is 6.07 Å². The Kier molecular flexibility index (Phi) is 2.71. The number of aromatic nitrogens is 2. The van der Waals surface area contributed by atoms with Gasteiger partial charge in [-0.15, -0.1) is 0 Å². The second kappa shape index (κ2) is 4.07. The predicted molar refractivity (Wildman–Crippen MR) is 70.6 cm³/mol. The molecule has 1 fully saturated rings. The Bertz CT molecular complexity index is 517. The van der Waals surface area contributed by atoms with Crippen molar-refractivity contribution < 1.29 is 9.90 Å². The first-order valence-electron chi connectivity index (χ1n) is 6.96. The number of nitrogens with zero attached hydrogens (tertiary/aromatic N) is 3. The zero-order valence-corrected chi connectivity index (χ0v) is 11.8. The van der Waals surface area contributed by atoms with E-state index >= 15 is 0 Å². The molecule has 1 aromatic rings. The van der Waals surface area contributed by atoms with E-state index in [1.165, 1.54) is 0 Å². The predicted octanol–water partition coefficient (Wildman–Crippen LogP) is 1.22. The van der Waals surface area contributed by atoms with Gasteiger partial charge in [0, 0.05) is 11.5 Å². The van der Waals surface area contributed by atoms with Crippen molar-refractivity contribution in [3.63, 3.8) is 0 Å². The van der Waals surface area contributed by atoms with Crippen molar-refractivity contribution in [3.05, 3.63) is 17.5 Å². The van der Waals surface area contributed by atoms with Crippen molar-refractivity contribution in [1.82, 2.24) is 14.7 Å². The number of aliphatic hydroxyl groups excluding tert-OH is 1. The van der Waals surface area contributed by atoms with Gasteiger partial charge in [0.2, 0.25) is 5.91 Å². The Balaban J connectivity index is 1.93. The maximum atomic E-state index is 12.2. The largest absolute Gasteiger partial charge is 0.385 e. The van der Waals surface area contributed by atoms with Gasteiger partial charge in [-0.2, -0.15) is 5.10 Å². The number of aliphatic hydroxyl groups is 1. The Labute approximate surface area is 113 Å². The highest BCUT2D eigenvalue weighted by atomic mass is 16.3. The number of carbonyl (C=O) groups excluding carboxylic acids is 1. The topological polar surface area (TPSA) is 58.4 Å². The molecule has 0 saturated heterocycles. The number of β-amino-alcohol motifs (C(OH)–C–C–N with tert-alkyl or cyclic N) is 1. The minimum atomic E-state index is -0.641. The summed E-state index contributed by atoms with van der Waals surface area (Å²) in [7, 11) is 0. The molecule has 0 spiro atoms. The molecule has 3 rings (SSSR count). The molecule has 104 valence electrons. The van der Waals surface area contributed by atoms with Crippen molar-refractivity contribution in [2.45, 2.75) is 57.7 Å². The summed E-state index contributed by atoms with van der Waals surface area (Å²) in [4.78, 5) is 13.9. The molecule has 1 amide bonds. The highest BCUT2D eigenvalue weighted by Gasteiger charge is 2.42. The molecule has 1 saturated carbocycles. The first-order chi connectivity index (χ1) is 8.90. The lowest BCUT2D eigenvalue weighted by Gasteiger charge is -2.26. The lowest BCUT2D eigenvalue weighted by molar-refractivity contribution is -0.134. The van der Waals surface area contributed by atoms with Gasteiger partial charge in [-0.25, -0.2) is 0 Å². The summed E-state index contributed by atoms with van der Waals surface area (Å²) in [5, 5.41) is 14.9. The normalized spacial score (nSPS) is 25.4. The maximum absolute atomic E-state index is 12.2. The van der Waals surface area contributed by atoms with Gasteiger partial charge in [0.25, 0.3) is 0 Å². The monoisotopic (exact) mass is 263 g/mol. The molecule has 0 aromatic carbocycles. The molecular weight excluding hydrogens is 242 g/mol. The van der Waals surface area contributed by atoms with Gasteiger partial charge in [0.15, 0.2) is 0 Å². The molecular formula is C14H21N3O2. The molecule has 1 unspecified atom stereocenters. The molecule has 0 radical (unpaired) electrons. The smallest absolute Gasteiger partial charge is 0.244 e. The van der Waals surface area contributed by atoms with Crippen LogP contribution in [0.5, 0.6) is 0 Å². The van der Waals surface area contributed by atoms with Gasteiger partial charge in [0.05, 0.1) is 17.9 Å². The molecule has 1 aliphatic carbocycles. The van der Waals surface area contributed by atoms with E-state index in [4.69, 9.17) is 0 Å². The van der Waals surface area contributed by atoms with E-state index in [2.05, 4.69) is 12.0 Å². The molecule has 5 heteroatoms. The zero-order valence-electron chi connectivity index (χ0n) is 11.8. The third kappa shape index (κ3) is 2.06. The molecule has 1 aliphatic heterocycles. The third-order valence-electron chi connectivity index (χ3n) is 4.37. The Morgan fingerprint density at radius 2 is 2.16 bits per heavy atom. The van der Waals surface area contributed by atoms with E-state index in [0.717, 1.165) is 24.2 Å². The summed E-state index contributed by atoms with van der Waals surface area (Å²) in [5.74, 6) is 0.0309. The summed E-state index contributed by atoms with van der Waals surface area (Å²) < 4.78 is 1.69. The van der Waals surface area contributed by atoms with Crippen LogP contribution in [0.2, 0.25) is 0 Å². The SMILES string of the molecule is CC(C)N1CC(O)c2cc(C3(C)CC3)nn2CC1=O. The molecule has 1 atom stereocenters. The van der Waals surface area contributed by atoms with Crippen molar-refractivity contribution in [3.8, 4) is 0 Å². The number of hydrogen-bond donors (Lipinski definition) is 1. The van der Waals surface area contributed by atoms with Crippen molar-refractivity contribution in [2.24, 2.45) is 0 Å². The van der Waals surface area contributed by atoms with Crippen LogP contribution in [0.3, 0.4) is 0 Å². The summed E-state index contributed by atoms with van der Waals surface area (Å²) in [5.41, 5.74) is 1.96. The molecule has 0 bridgehead atoms. The number of rotatable bonds is 2. The van der Waals surface area contributed by atoms with Crippen LogP contribution >= 0.6 is 0 Å². The Hall–Kier alpha value is -1.36. The number of carbonyl (C=O) groups is 1. The molecule has 19 heavy (non-hydrogen) atoms. The fourth-order valence-corrected chi connectivity index (χ4v) is 2.66. The Morgan fingerprint density at radius 3 is 2.74 bits per heavy atom. The average Bonchev–Trinajstić information content (AvgIpc) is 2.96. The zero-order chi connectivity index (χ0) is 13.8.